The summed E-state index contributed by atoms with van der Waals surface area (Å²) in [5.74, 6) is -1.39. The molecule has 0 aliphatic carbocycles. The number of nitrogens with zero attached hydrogens (tertiary/aromatic N) is 3. The molecule has 15 heteroatoms. The molecule has 0 atom stereocenters. The Morgan fingerprint density at radius 1 is 0.973 bits per heavy atom. The summed E-state index contributed by atoms with van der Waals surface area (Å²) in [6.07, 6.45) is -6.43. The van der Waals surface area contributed by atoms with Crippen LogP contribution in [0.3, 0.4) is 0 Å². The summed E-state index contributed by atoms with van der Waals surface area (Å²) in [6, 6.07) is 13.7. The fourth-order valence-corrected chi connectivity index (χ4v) is 2.77. The van der Waals surface area contributed by atoms with Gasteiger partial charge in [0.2, 0.25) is 5.89 Å². The zero-order chi connectivity index (χ0) is 27.2. The second-order valence-corrected chi connectivity index (χ2v) is 7.26. The molecule has 194 valence electrons. The number of hydrogen-bond acceptors (Lipinski definition) is 7. The summed E-state index contributed by atoms with van der Waals surface area (Å²) in [5.41, 5.74) is -0.235. The van der Waals surface area contributed by atoms with Crippen molar-refractivity contribution in [3.05, 3.63) is 77.6 Å². The standard InChI is InChI=1S/C20H12ClF3N4O2.C2HF3O2/c21-17-8-5-13(10-16(17)20(22,23)24)26-19-28-27-18(30-19)12-3-6-14(7-4-12)29-15-2-1-9-25-11-15;3-2(4,5)1(6)7/h1-11H,(H,26,28);(H,6,7). The average Bonchev–Trinajstić information content (AvgIpc) is 3.29. The van der Waals surface area contributed by atoms with Gasteiger partial charge in [0.15, 0.2) is 0 Å². The molecule has 2 aromatic carbocycles. The quantitative estimate of drug-likeness (QED) is 0.258. The van der Waals surface area contributed by atoms with E-state index in [-0.39, 0.29) is 17.6 Å². The van der Waals surface area contributed by atoms with Crippen LogP contribution in [0.1, 0.15) is 5.56 Å². The van der Waals surface area contributed by atoms with Crippen molar-refractivity contribution < 1.29 is 45.4 Å². The predicted molar refractivity (Wildman–Crippen MR) is 117 cm³/mol. The van der Waals surface area contributed by atoms with Crippen LogP contribution in [0.25, 0.3) is 11.5 Å². The van der Waals surface area contributed by atoms with E-state index in [0.29, 0.717) is 17.1 Å². The summed E-state index contributed by atoms with van der Waals surface area (Å²) in [6.45, 7) is 0. The van der Waals surface area contributed by atoms with E-state index in [0.717, 1.165) is 12.1 Å². The number of hydrogen-bond donors (Lipinski definition) is 2. The van der Waals surface area contributed by atoms with Gasteiger partial charge in [-0.15, -0.1) is 5.10 Å². The van der Waals surface area contributed by atoms with E-state index in [1.165, 1.54) is 6.07 Å². The van der Waals surface area contributed by atoms with Gasteiger partial charge in [-0.05, 0) is 54.6 Å². The lowest BCUT2D eigenvalue weighted by Gasteiger charge is -2.10. The van der Waals surface area contributed by atoms with Crippen molar-refractivity contribution in [2.24, 2.45) is 0 Å². The van der Waals surface area contributed by atoms with Crippen molar-refractivity contribution in [1.29, 1.82) is 0 Å². The van der Waals surface area contributed by atoms with Crippen LogP contribution in [0.2, 0.25) is 5.02 Å². The van der Waals surface area contributed by atoms with E-state index >= 15 is 0 Å². The number of alkyl halides is 6. The number of aromatic nitrogens is 3. The third kappa shape index (κ3) is 7.83. The molecular weight excluding hydrogens is 534 g/mol. The third-order valence-electron chi connectivity index (χ3n) is 4.16. The Morgan fingerprint density at radius 3 is 2.22 bits per heavy atom. The van der Waals surface area contributed by atoms with Crippen molar-refractivity contribution in [3.8, 4) is 23.0 Å². The monoisotopic (exact) mass is 546 g/mol. The van der Waals surface area contributed by atoms with Gasteiger partial charge in [-0.3, -0.25) is 4.98 Å². The van der Waals surface area contributed by atoms with Crippen LogP contribution >= 0.6 is 11.6 Å². The highest BCUT2D eigenvalue weighted by Gasteiger charge is 2.38. The summed E-state index contributed by atoms with van der Waals surface area (Å²) in [5, 5.41) is 17.1. The smallest absolute Gasteiger partial charge is 0.475 e. The van der Waals surface area contributed by atoms with Gasteiger partial charge in [0.05, 0.1) is 16.8 Å². The summed E-state index contributed by atoms with van der Waals surface area (Å²) in [7, 11) is 0. The summed E-state index contributed by atoms with van der Waals surface area (Å²) < 4.78 is 81.8. The average molecular weight is 547 g/mol. The molecule has 0 aliphatic heterocycles. The van der Waals surface area contributed by atoms with Gasteiger partial charge in [-0.1, -0.05) is 16.7 Å². The minimum Gasteiger partial charge on any atom is -0.475 e. The van der Waals surface area contributed by atoms with Crippen LogP contribution in [0.5, 0.6) is 11.5 Å². The first-order chi connectivity index (χ1) is 17.3. The largest absolute Gasteiger partial charge is 0.490 e. The summed E-state index contributed by atoms with van der Waals surface area (Å²) >= 11 is 5.62. The van der Waals surface area contributed by atoms with Crippen molar-refractivity contribution >= 4 is 29.3 Å². The molecule has 0 radical (unpaired) electrons. The van der Waals surface area contributed by atoms with Crippen LogP contribution in [-0.2, 0) is 11.0 Å². The van der Waals surface area contributed by atoms with Gasteiger partial charge in [0.1, 0.15) is 11.5 Å². The Balaban J connectivity index is 0.000000479. The third-order valence-corrected chi connectivity index (χ3v) is 4.49. The van der Waals surface area contributed by atoms with Crippen LogP contribution in [0.15, 0.2) is 71.4 Å². The molecule has 0 aliphatic rings. The van der Waals surface area contributed by atoms with Gasteiger partial charge in [-0.25, -0.2) is 4.79 Å². The molecule has 2 aromatic heterocycles. The van der Waals surface area contributed by atoms with E-state index in [9.17, 15) is 26.3 Å². The van der Waals surface area contributed by atoms with E-state index in [1.807, 2.05) is 0 Å². The highest BCUT2D eigenvalue weighted by Crippen LogP contribution is 2.37. The number of benzene rings is 2. The molecule has 0 amide bonds. The number of halogens is 7. The lowest BCUT2D eigenvalue weighted by molar-refractivity contribution is -0.192. The van der Waals surface area contributed by atoms with Crippen LogP contribution in [0.4, 0.5) is 38.0 Å². The molecule has 2 N–H and O–H groups in total. The first-order valence-corrected chi connectivity index (χ1v) is 10.2. The second kappa shape index (κ2) is 11.2. The maximum absolute atomic E-state index is 13.0. The van der Waals surface area contributed by atoms with Gasteiger partial charge in [0.25, 0.3) is 0 Å². The zero-order valence-corrected chi connectivity index (χ0v) is 18.8. The minimum absolute atomic E-state index is 0.0591. The molecule has 0 saturated heterocycles. The van der Waals surface area contributed by atoms with E-state index in [2.05, 4.69) is 20.5 Å². The minimum atomic E-state index is -5.08. The fraction of sp³-hybridized carbons (Fsp3) is 0.0909. The van der Waals surface area contributed by atoms with Crippen molar-refractivity contribution in [2.75, 3.05) is 5.32 Å². The van der Waals surface area contributed by atoms with Gasteiger partial charge in [0, 0.05) is 17.4 Å². The van der Waals surface area contributed by atoms with Crippen LogP contribution in [-0.4, -0.2) is 32.4 Å². The number of aliphatic carboxylic acids is 1. The normalized spacial score (nSPS) is 11.3. The highest BCUT2D eigenvalue weighted by molar-refractivity contribution is 6.31. The van der Waals surface area contributed by atoms with Crippen LogP contribution < -0.4 is 10.1 Å². The molecule has 0 spiro atoms. The van der Waals surface area contributed by atoms with Crippen LogP contribution in [0, 0.1) is 0 Å². The molecular formula is C22H13ClF6N4O4. The van der Waals surface area contributed by atoms with E-state index in [4.69, 9.17) is 30.7 Å². The molecule has 8 nitrogen and oxygen atoms in total. The Morgan fingerprint density at radius 2 is 1.65 bits per heavy atom. The lowest BCUT2D eigenvalue weighted by Crippen LogP contribution is -2.21. The molecule has 0 unspecified atom stereocenters. The fourth-order valence-electron chi connectivity index (χ4n) is 2.54. The first-order valence-electron chi connectivity index (χ1n) is 9.78. The first kappa shape index (κ1) is 27.3. The van der Waals surface area contributed by atoms with Gasteiger partial charge < -0.3 is 19.6 Å². The van der Waals surface area contributed by atoms with Crippen molar-refractivity contribution in [3.63, 3.8) is 0 Å². The molecule has 2 heterocycles. The lowest BCUT2D eigenvalue weighted by atomic mass is 10.2. The van der Waals surface area contributed by atoms with Crippen molar-refractivity contribution in [2.45, 2.75) is 12.4 Å². The maximum atomic E-state index is 13.0. The number of carboxylic acids is 1. The molecule has 4 aromatic rings. The Bertz CT molecular complexity index is 1350. The Hall–Kier alpha value is -4.33. The number of pyridine rings is 1. The molecule has 4 rings (SSSR count). The summed E-state index contributed by atoms with van der Waals surface area (Å²) in [4.78, 5) is 12.9. The predicted octanol–water partition coefficient (Wildman–Crippen LogP) is 6.97. The van der Waals surface area contributed by atoms with Crippen molar-refractivity contribution in [1.82, 2.24) is 15.2 Å². The SMILES string of the molecule is FC(F)(F)c1cc(Nc2nnc(-c3ccc(Oc4cccnc4)cc3)o2)ccc1Cl.O=C(O)C(F)(F)F. The second-order valence-electron chi connectivity index (χ2n) is 6.85. The number of carboxylic acid groups (broad SMARTS) is 1. The van der Waals surface area contributed by atoms with Gasteiger partial charge in [-0.2, -0.15) is 26.3 Å². The van der Waals surface area contributed by atoms with Gasteiger partial charge >= 0.3 is 24.3 Å². The number of nitrogens with one attached hydrogen (secondary N) is 1. The number of ether oxygens (including phenoxy) is 1. The van der Waals surface area contributed by atoms with E-state index < -0.39 is 28.9 Å². The number of carbonyl (C=O) groups is 1. The molecule has 0 saturated carbocycles. The Kier molecular flexibility index (Phi) is 8.22. The topological polar surface area (TPSA) is 110 Å². The number of rotatable bonds is 5. The molecule has 0 bridgehead atoms. The molecule has 37 heavy (non-hydrogen) atoms. The maximum Gasteiger partial charge on any atom is 0.490 e. The number of anilines is 2. The molecule has 0 fully saturated rings. The Labute approximate surface area is 208 Å². The van der Waals surface area contributed by atoms with E-state index in [1.54, 1.807) is 48.8 Å². The zero-order valence-electron chi connectivity index (χ0n) is 18.0. The highest BCUT2D eigenvalue weighted by atomic mass is 35.5.